The molecule has 2 aliphatic carbocycles. The lowest BCUT2D eigenvalue weighted by atomic mass is 9.90. The minimum absolute atomic E-state index is 0.596. The number of allylic oxidation sites excluding steroid dienone is 2. The van der Waals surface area contributed by atoms with Gasteiger partial charge >= 0.3 is 0 Å². The van der Waals surface area contributed by atoms with Crippen molar-refractivity contribution in [1.29, 1.82) is 0 Å². The molecule has 0 radical (unpaired) electrons. The molecule has 56 heavy (non-hydrogen) atoms. The number of H-pyrrole nitrogens is 2. The van der Waals surface area contributed by atoms with Gasteiger partial charge in [-0.2, -0.15) is 0 Å². The number of nitrogens with one attached hydrogen (secondary N) is 2. The predicted octanol–water partition coefficient (Wildman–Crippen LogP) is 11.1. The van der Waals surface area contributed by atoms with Crippen molar-refractivity contribution in [2.75, 3.05) is 0 Å². The Morgan fingerprint density at radius 3 is 1.71 bits per heavy atom. The van der Waals surface area contributed by atoms with E-state index >= 15 is 0 Å². The first-order chi connectivity index (χ1) is 27.7. The Labute approximate surface area is 319 Å². The molecule has 0 amide bonds. The summed E-state index contributed by atoms with van der Waals surface area (Å²) in [5.41, 5.74) is 11.6. The Hall–Kier alpha value is -7.32. The van der Waals surface area contributed by atoms with E-state index in [1.165, 1.54) is 16.7 Å². The molecule has 0 saturated heterocycles. The third kappa shape index (κ3) is 4.18. The third-order valence-corrected chi connectivity index (χ3v) is 11.9. The van der Waals surface area contributed by atoms with Crippen LogP contribution < -0.4 is 0 Å². The van der Waals surface area contributed by atoms with E-state index in [1.54, 1.807) is 0 Å². The molecule has 0 saturated carbocycles. The van der Waals surface area contributed by atoms with Crippen LogP contribution in [0.3, 0.4) is 0 Å². The van der Waals surface area contributed by atoms with Crippen molar-refractivity contribution in [2.45, 2.75) is 25.7 Å². The van der Waals surface area contributed by atoms with Crippen LogP contribution in [0.4, 0.5) is 0 Å². The number of nitrogens with zero attached hydrogens (tertiary/aromatic N) is 6. The van der Waals surface area contributed by atoms with Gasteiger partial charge in [0.15, 0.2) is 23.3 Å². The molecule has 2 N–H and O–H groups in total. The van der Waals surface area contributed by atoms with Gasteiger partial charge in [-0.05, 0) is 81.6 Å². The average molecular weight is 719 g/mol. The maximum absolute atomic E-state index is 5.40. The van der Waals surface area contributed by atoms with Crippen LogP contribution in [0.25, 0.3) is 123 Å². The van der Waals surface area contributed by atoms with E-state index in [-0.39, 0.29) is 0 Å². The number of hydrogen-bond acceptors (Lipinski definition) is 6. The molecular weight excluding hydrogens is 689 g/mol. The molecule has 8 nitrogen and oxygen atoms in total. The van der Waals surface area contributed by atoms with Crippen LogP contribution in [0, 0.1) is 0 Å². The molecule has 0 atom stereocenters. The van der Waals surface area contributed by atoms with Crippen molar-refractivity contribution >= 4 is 77.8 Å². The summed E-state index contributed by atoms with van der Waals surface area (Å²) in [7, 11) is 0. The summed E-state index contributed by atoms with van der Waals surface area (Å²) >= 11 is 0. The summed E-state index contributed by atoms with van der Waals surface area (Å²) in [6.45, 7) is 0. The average Bonchev–Trinajstić information content (AvgIpc) is 3.99. The normalized spacial score (nSPS) is 14.0. The highest BCUT2D eigenvalue weighted by Crippen LogP contribution is 2.43. The van der Waals surface area contributed by atoms with Crippen LogP contribution in [0.2, 0.25) is 0 Å². The number of aromatic nitrogens is 8. The number of benzene rings is 6. The lowest BCUT2D eigenvalue weighted by Crippen LogP contribution is -1.97. The van der Waals surface area contributed by atoms with Crippen LogP contribution in [-0.4, -0.2) is 39.9 Å². The highest BCUT2D eigenvalue weighted by Gasteiger charge is 2.27. The molecule has 5 heterocycles. The molecule has 0 spiro atoms. The maximum Gasteiger partial charge on any atom is 0.165 e. The lowest BCUT2D eigenvalue weighted by molar-refractivity contribution is 0.986. The quantitative estimate of drug-likeness (QED) is 0.162. The molecule has 9 aromatic rings. The minimum Gasteiger partial charge on any atom is -0.324 e. The molecule has 8 heteroatoms. The molecule has 0 fully saturated rings. The molecule has 8 bridgehead atoms. The monoisotopic (exact) mass is 718 g/mol. The van der Waals surface area contributed by atoms with Gasteiger partial charge in [0.2, 0.25) is 0 Å². The van der Waals surface area contributed by atoms with Crippen molar-refractivity contribution in [1.82, 2.24) is 39.9 Å². The minimum atomic E-state index is 0.596. The van der Waals surface area contributed by atoms with Gasteiger partial charge in [-0.15, -0.1) is 0 Å². The van der Waals surface area contributed by atoms with Crippen LogP contribution >= 0.6 is 0 Å². The van der Waals surface area contributed by atoms with Crippen LogP contribution in [0.5, 0.6) is 0 Å². The molecule has 262 valence electrons. The van der Waals surface area contributed by atoms with Crippen molar-refractivity contribution < 1.29 is 0 Å². The topological polar surface area (TPSA) is 109 Å². The van der Waals surface area contributed by atoms with Crippen molar-refractivity contribution in [3.8, 4) is 45.6 Å². The van der Waals surface area contributed by atoms with Gasteiger partial charge in [0.1, 0.15) is 22.6 Å². The van der Waals surface area contributed by atoms with Gasteiger partial charge in [0, 0.05) is 43.8 Å². The summed E-state index contributed by atoms with van der Waals surface area (Å²) in [6.07, 6.45) is 12.9. The van der Waals surface area contributed by atoms with E-state index in [9.17, 15) is 0 Å². The second kappa shape index (κ2) is 11.1. The predicted molar refractivity (Wildman–Crippen MR) is 226 cm³/mol. The van der Waals surface area contributed by atoms with E-state index in [2.05, 4.69) is 131 Å². The number of fused-ring (bicyclic) bond motifs is 28. The van der Waals surface area contributed by atoms with Crippen molar-refractivity contribution in [3.63, 3.8) is 0 Å². The molecule has 3 aromatic heterocycles. The second-order valence-electron chi connectivity index (χ2n) is 15.0. The van der Waals surface area contributed by atoms with Gasteiger partial charge in [0.05, 0.1) is 0 Å². The van der Waals surface area contributed by atoms with Crippen LogP contribution in [0.1, 0.15) is 35.1 Å². The highest BCUT2D eigenvalue weighted by molar-refractivity contribution is 6.19. The van der Waals surface area contributed by atoms with Crippen molar-refractivity contribution in [2.24, 2.45) is 0 Å². The zero-order valence-electron chi connectivity index (χ0n) is 30.1. The SMILES string of the molecule is C1=Cc2c(ccc3c2-c2nc-3nc3[nH]c(nc4nc(nc5[nH]c(n2)c2ccc6ccccc6c52)-c2ccc5ccccc5c2-4)c2ccc4c(c32)C=CCC4)CC1. The number of aryl methyl sites for hydroxylation is 2. The Balaban J connectivity index is 1.26. The second-order valence-corrected chi connectivity index (χ2v) is 15.0. The Morgan fingerprint density at radius 1 is 0.393 bits per heavy atom. The highest BCUT2D eigenvalue weighted by atomic mass is 15.1. The van der Waals surface area contributed by atoms with E-state index in [0.717, 1.165) is 102 Å². The van der Waals surface area contributed by atoms with Gasteiger partial charge in [0.25, 0.3) is 0 Å². The zero-order valence-corrected chi connectivity index (χ0v) is 30.1. The van der Waals surface area contributed by atoms with Crippen LogP contribution in [-0.2, 0) is 12.8 Å². The number of hydrogen-bond donors (Lipinski definition) is 2. The first-order valence-electron chi connectivity index (χ1n) is 19.2. The number of aromatic amines is 2. The van der Waals surface area contributed by atoms with Gasteiger partial charge in [-0.1, -0.05) is 109 Å². The first-order valence-corrected chi connectivity index (χ1v) is 19.2. The molecule has 2 aliphatic heterocycles. The first kappa shape index (κ1) is 30.1. The Bertz CT molecular complexity index is 3490. The fourth-order valence-electron chi connectivity index (χ4n) is 9.34. The van der Waals surface area contributed by atoms with E-state index in [1.807, 2.05) is 0 Å². The molecule has 13 rings (SSSR count). The molecule has 0 unspecified atom stereocenters. The summed E-state index contributed by atoms with van der Waals surface area (Å²) in [6, 6.07) is 34.2. The summed E-state index contributed by atoms with van der Waals surface area (Å²) in [5.74, 6) is 2.45. The number of rotatable bonds is 0. The standard InChI is InChI=1S/C48H30N8/c1-5-13-29-25(9-1)17-21-33-37(29)45-49-41(33)54-46-39-31-15-7-3-11-27(31)19-23-35(39)43(51-46)56-48-40-32-16-8-4-12-28(32)20-24-36(40)44(52-48)55-47-38-30-14-6-2-10-26(30)18-22-34(38)42(50-47)53-45/h1-2,5-10,13-24H,3-4,11-12H2,(H2,49,50,51,52,53,54,55,56). The summed E-state index contributed by atoms with van der Waals surface area (Å²) in [4.78, 5) is 39.4. The zero-order chi connectivity index (χ0) is 36.5. The van der Waals surface area contributed by atoms with E-state index in [4.69, 9.17) is 29.9 Å². The largest absolute Gasteiger partial charge is 0.324 e. The van der Waals surface area contributed by atoms with Crippen LogP contribution in [0.15, 0.2) is 109 Å². The van der Waals surface area contributed by atoms with E-state index < -0.39 is 0 Å². The van der Waals surface area contributed by atoms with Crippen molar-refractivity contribution in [3.05, 3.63) is 131 Å². The van der Waals surface area contributed by atoms with Gasteiger partial charge in [-0.3, -0.25) is 0 Å². The molecular formula is C48H30N8. The van der Waals surface area contributed by atoms with Gasteiger partial charge < -0.3 is 9.97 Å². The third-order valence-electron chi connectivity index (χ3n) is 11.9. The fourth-order valence-corrected chi connectivity index (χ4v) is 9.34. The molecule has 4 aliphatic rings. The fraction of sp³-hybridized carbons (Fsp3) is 0.0833. The Kier molecular flexibility index (Phi) is 5.97. The maximum atomic E-state index is 5.40. The lowest BCUT2D eigenvalue weighted by Gasteiger charge is -2.14. The van der Waals surface area contributed by atoms with Gasteiger partial charge in [-0.25, -0.2) is 29.9 Å². The Morgan fingerprint density at radius 2 is 0.929 bits per heavy atom. The smallest absolute Gasteiger partial charge is 0.165 e. The van der Waals surface area contributed by atoms with E-state index in [0.29, 0.717) is 40.2 Å². The summed E-state index contributed by atoms with van der Waals surface area (Å²) < 4.78 is 0. The molecule has 6 aromatic carbocycles. The summed E-state index contributed by atoms with van der Waals surface area (Å²) in [5, 5.41) is 8.37.